The molecule has 2 aliphatic rings. The Hall–Kier alpha value is -1.91. The van der Waals surface area contributed by atoms with Crippen LogP contribution < -0.4 is 0 Å². The number of fused-ring (bicyclic) bond motifs is 1. The summed E-state index contributed by atoms with van der Waals surface area (Å²) in [4.78, 5) is 20.2. The highest BCUT2D eigenvalue weighted by Gasteiger charge is 2.65. The third-order valence-electron chi connectivity index (χ3n) is 4.80. The highest BCUT2D eigenvalue weighted by molar-refractivity contribution is 5.79. The molecule has 2 aromatic rings. The van der Waals surface area contributed by atoms with Crippen LogP contribution in [0.3, 0.4) is 0 Å². The maximum atomic E-state index is 11.4. The van der Waals surface area contributed by atoms with Crippen molar-refractivity contribution in [2.75, 3.05) is 0 Å². The Bertz CT molecular complexity index is 715. The summed E-state index contributed by atoms with van der Waals surface area (Å²) in [5.41, 5.74) is 1.75. The maximum Gasteiger partial charge on any atom is 0.307 e. The summed E-state index contributed by atoms with van der Waals surface area (Å²) < 4.78 is 2.26. The Morgan fingerprint density at radius 2 is 2.20 bits per heavy atom. The fourth-order valence-electron chi connectivity index (χ4n) is 3.49. The van der Waals surface area contributed by atoms with Crippen molar-refractivity contribution in [2.24, 2.45) is 11.3 Å². The minimum Gasteiger partial charge on any atom is -0.481 e. The van der Waals surface area contributed by atoms with E-state index in [1.807, 2.05) is 19.9 Å². The first kappa shape index (κ1) is 11.9. The molecule has 0 saturated heterocycles. The van der Waals surface area contributed by atoms with Crippen molar-refractivity contribution in [3.05, 3.63) is 24.3 Å². The zero-order chi connectivity index (χ0) is 14.1. The first-order valence-corrected chi connectivity index (χ1v) is 7.06. The molecule has 2 saturated carbocycles. The van der Waals surface area contributed by atoms with Gasteiger partial charge in [-0.25, -0.2) is 4.98 Å². The molecule has 2 aromatic heterocycles. The fraction of sp³-hybridized carbons (Fsp3) is 0.533. The molecular formula is C15H17N3O2. The van der Waals surface area contributed by atoms with Crippen molar-refractivity contribution >= 4 is 17.0 Å². The SMILES string of the molecule is CC1(C)C(C(=O)O)C1c1nc2cnccc2n1C1CC1. The molecule has 0 radical (unpaired) electrons. The van der Waals surface area contributed by atoms with Gasteiger partial charge >= 0.3 is 5.97 Å². The van der Waals surface area contributed by atoms with Gasteiger partial charge in [-0.15, -0.1) is 0 Å². The molecule has 2 fully saturated rings. The molecule has 2 atom stereocenters. The third-order valence-corrected chi connectivity index (χ3v) is 4.80. The van der Waals surface area contributed by atoms with Gasteiger partial charge in [-0.05, 0) is 24.3 Å². The van der Waals surface area contributed by atoms with E-state index < -0.39 is 5.97 Å². The number of hydrogen-bond donors (Lipinski definition) is 1. The average Bonchev–Trinajstić information content (AvgIpc) is 3.26. The maximum absolute atomic E-state index is 11.4. The Balaban J connectivity index is 1.88. The summed E-state index contributed by atoms with van der Waals surface area (Å²) in [6.45, 7) is 4.04. The summed E-state index contributed by atoms with van der Waals surface area (Å²) in [5.74, 6) is -0.0989. The summed E-state index contributed by atoms with van der Waals surface area (Å²) in [5, 5.41) is 9.39. The number of aliphatic carboxylic acids is 1. The molecule has 2 unspecified atom stereocenters. The van der Waals surface area contributed by atoms with E-state index in [-0.39, 0.29) is 17.3 Å². The van der Waals surface area contributed by atoms with Gasteiger partial charge in [0.1, 0.15) is 11.3 Å². The number of carboxylic acid groups (broad SMARTS) is 1. The van der Waals surface area contributed by atoms with Crippen molar-refractivity contribution in [1.29, 1.82) is 0 Å². The van der Waals surface area contributed by atoms with Gasteiger partial charge in [-0.1, -0.05) is 13.8 Å². The van der Waals surface area contributed by atoms with E-state index in [1.54, 1.807) is 12.4 Å². The zero-order valence-electron chi connectivity index (χ0n) is 11.6. The average molecular weight is 271 g/mol. The molecule has 5 heteroatoms. The fourth-order valence-corrected chi connectivity index (χ4v) is 3.49. The number of rotatable bonds is 3. The summed E-state index contributed by atoms with van der Waals surface area (Å²) in [6, 6.07) is 2.47. The van der Waals surface area contributed by atoms with Crippen molar-refractivity contribution in [3.8, 4) is 0 Å². The minimum atomic E-state index is -0.715. The van der Waals surface area contributed by atoms with Crippen LogP contribution in [0, 0.1) is 11.3 Å². The largest absolute Gasteiger partial charge is 0.481 e. The summed E-state index contributed by atoms with van der Waals surface area (Å²) >= 11 is 0. The van der Waals surface area contributed by atoms with Gasteiger partial charge in [0, 0.05) is 18.2 Å². The molecule has 5 nitrogen and oxygen atoms in total. The van der Waals surface area contributed by atoms with E-state index in [1.165, 1.54) is 0 Å². The molecule has 2 heterocycles. The topological polar surface area (TPSA) is 68.0 Å². The monoisotopic (exact) mass is 271 g/mol. The van der Waals surface area contributed by atoms with E-state index in [0.717, 1.165) is 29.7 Å². The van der Waals surface area contributed by atoms with Crippen LogP contribution in [-0.4, -0.2) is 25.6 Å². The third kappa shape index (κ3) is 1.46. The molecule has 0 aliphatic heterocycles. The molecule has 104 valence electrons. The second kappa shape index (κ2) is 3.59. The van der Waals surface area contributed by atoms with Crippen molar-refractivity contribution < 1.29 is 9.90 Å². The van der Waals surface area contributed by atoms with Gasteiger partial charge < -0.3 is 9.67 Å². The van der Waals surface area contributed by atoms with Gasteiger partial charge in [-0.3, -0.25) is 9.78 Å². The second-order valence-electron chi connectivity index (χ2n) is 6.55. The Morgan fingerprint density at radius 3 is 2.80 bits per heavy atom. The number of carbonyl (C=O) groups is 1. The van der Waals surface area contributed by atoms with Crippen molar-refractivity contribution in [2.45, 2.75) is 38.6 Å². The van der Waals surface area contributed by atoms with Crippen LogP contribution in [-0.2, 0) is 4.79 Å². The Morgan fingerprint density at radius 1 is 1.45 bits per heavy atom. The van der Waals surface area contributed by atoms with Gasteiger partial charge in [0.05, 0.1) is 17.6 Å². The number of carboxylic acids is 1. The van der Waals surface area contributed by atoms with Crippen LogP contribution in [0.25, 0.3) is 11.0 Å². The predicted octanol–water partition coefficient (Wildman–Crippen LogP) is 2.59. The molecule has 20 heavy (non-hydrogen) atoms. The van der Waals surface area contributed by atoms with Gasteiger partial charge in [0.15, 0.2) is 0 Å². The molecule has 2 aliphatic carbocycles. The first-order valence-electron chi connectivity index (χ1n) is 7.06. The Labute approximate surface area is 116 Å². The number of hydrogen-bond acceptors (Lipinski definition) is 3. The van der Waals surface area contributed by atoms with Crippen LogP contribution in [0.4, 0.5) is 0 Å². The lowest BCUT2D eigenvalue weighted by atomic mass is 10.1. The van der Waals surface area contributed by atoms with Crippen LogP contribution in [0.5, 0.6) is 0 Å². The number of nitrogens with zero attached hydrogens (tertiary/aromatic N) is 3. The molecule has 1 N–H and O–H groups in total. The standard InChI is InChI=1S/C15H17N3O2/c1-15(2)11(12(15)14(19)20)13-17-9-7-16-6-5-10(9)18(13)8-3-4-8/h5-8,11-12H,3-4H2,1-2H3,(H,19,20). The van der Waals surface area contributed by atoms with Gasteiger partial charge in [-0.2, -0.15) is 0 Å². The normalized spacial score (nSPS) is 27.7. The van der Waals surface area contributed by atoms with Crippen LogP contribution in [0.15, 0.2) is 18.5 Å². The summed E-state index contributed by atoms with van der Waals surface area (Å²) in [6.07, 6.45) is 5.86. The van der Waals surface area contributed by atoms with E-state index in [4.69, 9.17) is 4.98 Å². The van der Waals surface area contributed by atoms with E-state index in [2.05, 4.69) is 9.55 Å². The number of pyridine rings is 1. The van der Waals surface area contributed by atoms with Crippen LogP contribution in [0.2, 0.25) is 0 Å². The Kier molecular flexibility index (Phi) is 2.13. The van der Waals surface area contributed by atoms with Crippen LogP contribution >= 0.6 is 0 Å². The number of aromatic nitrogens is 3. The quantitative estimate of drug-likeness (QED) is 0.931. The lowest BCUT2D eigenvalue weighted by Gasteiger charge is -2.08. The molecule has 0 bridgehead atoms. The van der Waals surface area contributed by atoms with E-state index in [9.17, 15) is 9.90 Å². The second-order valence-corrected chi connectivity index (χ2v) is 6.55. The van der Waals surface area contributed by atoms with Crippen molar-refractivity contribution in [1.82, 2.24) is 14.5 Å². The molecule has 4 rings (SSSR count). The van der Waals surface area contributed by atoms with E-state index >= 15 is 0 Å². The predicted molar refractivity (Wildman–Crippen MR) is 73.4 cm³/mol. The molecule has 0 aromatic carbocycles. The van der Waals surface area contributed by atoms with Crippen molar-refractivity contribution in [3.63, 3.8) is 0 Å². The number of imidazole rings is 1. The molecule has 0 spiro atoms. The minimum absolute atomic E-state index is 0.00741. The zero-order valence-corrected chi connectivity index (χ0v) is 11.6. The van der Waals surface area contributed by atoms with Gasteiger partial charge in [0.25, 0.3) is 0 Å². The highest BCUT2D eigenvalue weighted by Crippen LogP contribution is 2.65. The molecular weight excluding hydrogens is 254 g/mol. The highest BCUT2D eigenvalue weighted by atomic mass is 16.4. The first-order chi connectivity index (χ1) is 9.51. The lowest BCUT2D eigenvalue weighted by Crippen LogP contribution is -2.04. The lowest BCUT2D eigenvalue weighted by molar-refractivity contribution is -0.139. The van der Waals surface area contributed by atoms with Gasteiger partial charge in [0.2, 0.25) is 0 Å². The van der Waals surface area contributed by atoms with Crippen LogP contribution in [0.1, 0.15) is 44.5 Å². The molecule has 0 amide bonds. The van der Waals surface area contributed by atoms with E-state index in [0.29, 0.717) is 6.04 Å². The smallest absolute Gasteiger partial charge is 0.307 e. The summed E-state index contributed by atoms with van der Waals surface area (Å²) in [7, 11) is 0.